The number of hydrogen-bond acceptors (Lipinski definition) is 3. The van der Waals surface area contributed by atoms with Crippen molar-refractivity contribution in [1.29, 1.82) is 0 Å². The van der Waals surface area contributed by atoms with Gasteiger partial charge in [-0.15, -0.1) is 0 Å². The third-order valence-electron chi connectivity index (χ3n) is 4.92. The molecule has 27 heavy (non-hydrogen) atoms. The number of para-hydroxylation sites is 1. The van der Waals surface area contributed by atoms with Crippen molar-refractivity contribution in [2.75, 3.05) is 6.61 Å². The second-order valence-electron chi connectivity index (χ2n) is 7.02. The number of carbonyl (C=O) groups excluding carboxylic acids is 1. The zero-order chi connectivity index (χ0) is 18.6. The Morgan fingerprint density at radius 1 is 1.22 bits per heavy atom. The Kier molecular flexibility index (Phi) is 4.92. The van der Waals surface area contributed by atoms with Gasteiger partial charge < -0.3 is 14.2 Å². The van der Waals surface area contributed by atoms with E-state index >= 15 is 0 Å². The van der Waals surface area contributed by atoms with Crippen LogP contribution in [-0.4, -0.2) is 33.0 Å². The fourth-order valence-electron chi connectivity index (χ4n) is 3.54. The first-order valence-electron chi connectivity index (χ1n) is 9.20. The number of aromatic nitrogens is 2. The Labute approximate surface area is 159 Å². The lowest BCUT2D eigenvalue weighted by atomic mass is 10.1. The molecule has 0 spiro atoms. The topological polar surface area (TPSA) is 47.4 Å². The monoisotopic (exact) mass is 361 g/mol. The number of imidazole rings is 1. The number of ether oxygens (including phenoxy) is 1. The van der Waals surface area contributed by atoms with Gasteiger partial charge in [0.25, 0.3) is 0 Å². The molecule has 1 amide bonds. The van der Waals surface area contributed by atoms with Crippen molar-refractivity contribution in [1.82, 2.24) is 14.5 Å². The van der Waals surface area contributed by atoms with Crippen molar-refractivity contribution < 1.29 is 9.53 Å². The summed E-state index contributed by atoms with van der Waals surface area (Å²) >= 11 is 0. The molecule has 1 aliphatic rings. The van der Waals surface area contributed by atoms with E-state index in [2.05, 4.69) is 11.1 Å². The molecular formula is C22H23N3O2. The predicted octanol–water partition coefficient (Wildman–Crippen LogP) is 3.22. The van der Waals surface area contributed by atoms with Gasteiger partial charge in [0, 0.05) is 31.0 Å². The average molecular weight is 361 g/mol. The Morgan fingerprint density at radius 3 is 2.93 bits per heavy atom. The van der Waals surface area contributed by atoms with Crippen LogP contribution >= 0.6 is 0 Å². The molecule has 0 saturated heterocycles. The quantitative estimate of drug-likeness (QED) is 0.717. The fourth-order valence-corrected chi connectivity index (χ4v) is 3.54. The van der Waals surface area contributed by atoms with E-state index in [-0.39, 0.29) is 11.9 Å². The number of rotatable bonds is 4. The van der Waals surface area contributed by atoms with Crippen LogP contribution in [0, 0.1) is 6.92 Å². The molecule has 1 atom stereocenters. The van der Waals surface area contributed by atoms with Crippen LogP contribution in [0.1, 0.15) is 16.7 Å². The van der Waals surface area contributed by atoms with Crippen LogP contribution in [-0.2, 0) is 24.3 Å². The van der Waals surface area contributed by atoms with E-state index in [1.807, 2.05) is 65.1 Å². The van der Waals surface area contributed by atoms with Crippen molar-refractivity contribution in [3.63, 3.8) is 0 Å². The average Bonchev–Trinajstić information content (AvgIpc) is 3.10. The first kappa shape index (κ1) is 17.3. The molecule has 2 heterocycles. The van der Waals surface area contributed by atoms with Crippen LogP contribution in [0.4, 0.5) is 0 Å². The largest absolute Gasteiger partial charge is 0.491 e. The van der Waals surface area contributed by atoms with Crippen LogP contribution in [0.15, 0.2) is 67.3 Å². The molecule has 2 aromatic carbocycles. The Hall–Kier alpha value is -3.08. The third kappa shape index (κ3) is 4.03. The summed E-state index contributed by atoms with van der Waals surface area (Å²) in [7, 11) is 0. The van der Waals surface area contributed by atoms with E-state index < -0.39 is 0 Å². The summed E-state index contributed by atoms with van der Waals surface area (Å²) < 4.78 is 8.03. The smallest absolute Gasteiger partial charge is 0.227 e. The van der Waals surface area contributed by atoms with E-state index in [9.17, 15) is 4.79 Å². The molecule has 1 aliphatic heterocycles. The molecule has 0 bridgehead atoms. The van der Waals surface area contributed by atoms with E-state index in [0.717, 1.165) is 16.9 Å². The standard InChI is InChI=1S/C22H23N3O2/c1-17-5-4-6-18(11-17)12-22(26)25-13-19-7-2-3-8-21(19)27-15-20(25)14-24-10-9-23-16-24/h2-11,16,20H,12-15H2,1H3/t20-/m0/s1. The van der Waals surface area contributed by atoms with Crippen molar-refractivity contribution in [3.8, 4) is 5.75 Å². The van der Waals surface area contributed by atoms with Crippen molar-refractivity contribution >= 4 is 5.91 Å². The number of hydrogen-bond donors (Lipinski definition) is 0. The van der Waals surface area contributed by atoms with Gasteiger partial charge >= 0.3 is 0 Å². The van der Waals surface area contributed by atoms with Crippen LogP contribution in [0.25, 0.3) is 0 Å². The van der Waals surface area contributed by atoms with Gasteiger partial charge in [-0.2, -0.15) is 0 Å². The van der Waals surface area contributed by atoms with Crippen molar-refractivity contribution in [3.05, 3.63) is 83.9 Å². The minimum Gasteiger partial charge on any atom is -0.491 e. The lowest BCUT2D eigenvalue weighted by Crippen LogP contribution is -2.44. The number of nitrogens with zero attached hydrogens (tertiary/aromatic N) is 3. The van der Waals surface area contributed by atoms with Gasteiger partial charge in [-0.3, -0.25) is 4.79 Å². The van der Waals surface area contributed by atoms with Gasteiger partial charge in [0.05, 0.1) is 18.8 Å². The molecule has 0 radical (unpaired) electrons. The molecule has 0 aliphatic carbocycles. The van der Waals surface area contributed by atoms with E-state index in [0.29, 0.717) is 26.1 Å². The summed E-state index contributed by atoms with van der Waals surface area (Å²) in [5, 5.41) is 0. The van der Waals surface area contributed by atoms with E-state index in [1.165, 1.54) is 5.56 Å². The molecule has 3 aromatic rings. The normalized spacial score (nSPS) is 16.3. The molecule has 5 nitrogen and oxygen atoms in total. The highest BCUT2D eigenvalue weighted by Gasteiger charge is 2.28. The highest BCUT2D eigenvalue weighted by atomic mass is 16.5. The Bertz CT molecular complexity index is 921. The van der Waals surface area contributed by atoms with Crippen LogP contribution in [0.5, 0.6) is 5.75 Å². The van der Waals surface area contributed by atoms with Crippen LogP contribution in [0.3, 0.4) is 0 Å². The highest BCUT2D eigenvalue weighted by molar-refractivity contribution is 5.79. The maximum atomic E-state index is 13.2. The first-order chi connectivity index (χ1) is 13.2. The maximum Gasteiger partial charge on any atom is 0.227 e. The Morgan fingerprint density at radius 2 is 2.11 bits per heavy atom. The van der Waals surface area contributed by atoms with Crippen LogP contribution in [0.2, 0.25) is 0 Å². The Balaban J connectivity index is 1.60. The minimum atomic E-state index is -0.0519. The van der Waals surface area contributed by atoms with Gasteiger partial charge in [0.1, 0.15) is 12.4 Å². The molecule has 4 rings (SSSR count). The molecule has 0 unspecified atom stereocenters. The molecule has 0 N–H and O–H groups in total. The van der Waals surface area contributed by atoms with E-state index in [4.69, 9.17) is 4.74 Å². The van der Waals surface area contributed by atoms with Gasteiger partial charge in [-0.1, -0.05) is 48.0 Å². The number of fused-ring (bicyclic) bond motifs is 1. The van der Waals surface area contributed by atoms with Crippen molar-refractivity contribution in [2.45, 2.75) is 32.5 Å². The maximum absolute atomic E-state index is 13.2. The summed E-state index contributed by atoms with van der Waals surface area (Å²) in [4.78, 5) is 19.3. The van der Waals surface area contributed by atoms with Gasteiger partial charge in [0.15, 0.2) is 0 Å². The predicted molar refractivity (Wildman–Crippen MR) is 103 cm³/mol. The second-order valence-corrected chi connectivity index (χ2v) is 7.02. The van der Waals surface area contributed by atoms with Crippen LogP contribution < -0.4 is 4.74 Å². The fraction of sp³-hybridized carbons (Fsp3) is 0.273. The summed E-state index contributed by atoms with van der Waals surface area (Å²) in [6.45, 7) is 3.73. The van der Waals surface area contributed by atoms with E-state index in [1.54, 1.807) is 12.5 Å². The molecular weight excluding hydrogens is 338 g/mol. The zero-order valence-corrected chi connectivity index (χ0v) is 15.4. The summed E-state index contributed by atoms with van der Waals surface area (Å²) in [5.74, 6) is 0.977. The SMILES string of the molecule is Cc1cccc(CC(=O)N2Cc3ccccc3OC[C@@H]2Cn2ccnc2)c1. The first-order valence-corrected chi connectivity index (χ1v) is 9.20. The molecule has 0 fully saturated rings. The van der Waals surface area contributed by atoms with Gasteiger partial charge in [-0.05, 0) is 18.6 Å². The lowest BCUT2D eigenvalue weighted by Gasteiger charge is -2.29. The second kappa shape index (κ2) is 7.66. The molecule has 138 valence electrons. The minimum absolute atomic E-state index is 0.0519. The highest BCUT2D eigenvalue weighted by Crippen LogP contribution is 2.26. The summed E-state index contributed by atoms with van der Waals surface area (Å²) in [6, 6.07) is 16.0. The number of amides is 1. The lowest BCUT2D eigenvalue weighted by molar-refractivity contribution is -0.134. The number of aryl methyl sites for hydroxylation is 1. The summed E-state index contributed by atoms with van der Waals surface area (Å²) in [5.41, 5.74) is 3.25. The number of benzene rings is 2. The summed E-state index contributed by atoms with van der Waals surface area (Å²) in [6.07, 6.45) is 5.85. The van der Waals surface area contributed by atoms with Crippen molar-refractivity contribution in [2.24, 2.45) is 0 Å². The third-order valence-corrected chi connectivity index (χ3v) is 4.92. The van der Waals surface area contributed by atoms with Gasteiger partial charge in [0.2, 0.25) is 5.91 Å². The molecule has 0 saturated carbocycles. The molecule has 5 heteroatoms. The number of carbonyl (C=O) groups is 1. The zero-order valence-electron chi connectivity index (χ0n) is 15.4. The molecule has 1 aromatic heterocycles. The van der Waals surface area contributed by atoms with Gasteiger partial charge in [-0.25, -0.2) is 4.98 Å².